The molecule has 3 aromatic heterocycles. The van der Waals surface area contributed by atoms with Gasteiger partial charge in [0.1, 0.15) is 0 Å². The van der Waals surface area contributed by atoms with Crippen LogP contribution in [0, 0.1) is 0 Å². The molecule has 7 rings (SSSR count). The van der Waals surface area contributed by atoms with E-state index in [1.165, 1.54) is 21.5 Å². The summed E-state index contributed by atoms with van der Waals surface area (Å²) in [5, 5.41) is 9.17. The van der Waals surface area contributed by atoms with Gasteiger partial charge < -0.3 is 4.98 Å². The molecule has 0 unspecified atom stereocenters. The van der Waals surface area contributed by atoms with Gasteiger partial charge in [-0.3, -0.25) is 9.97 Å². The van der Waals surface area contributed by atoms with E-state index in [0.29, 0.717) is 0 Å². The van der Waals surface area contributed by atoms with Gasteiger partial charge in [0.15, 0.2) is 0 Å². The van der Waals surface area contributed by atoms with Gasteiger partial charge in [-0.15, -0.1) is 0 Å². The van der Waals surface area contributed by atoms with Crippen LogP contribution in [0.4, 0.5) is 0 Å². The van der Waals surface area contributed by atoms with Crippen LogP contribution in [0.3, 0.4) is 0 Å². The normalized spacial score (nSPS) is 12.6. The highest BCUT2D eigenvalue weighted by atomic mass is 14.7. The maximum absolute atomic E-state index is 4.72. The molecule has 7 aromatic rings. The molecule has 1 N–H and O–H groups in total. The quantitative estimate of drug-likeness (QED) is 0.315. The van der Waals surface area contributed by atoms with E-state index in [0.717, 1.165) is 44.0 Å². The molecule has 0 atom stereocenters. The lowest BCUT2D eigenvalue weighted by Gasteiger charge is -2.06. The molecule has 0 spiro atoms. The second-order valence-electron chi connectivity index (χ2n) is 9.21. The molecule has 0 saturated heterocycles. The third-order valence-corrected chi connectivity index (χ3v) is 6.91. The summed E-state index contributed by atoms with van der Waals surface area (Å²) < 4.78 is 0. The first kappa shape index (κ1) is 21.3. The fraction of sp³-hybridized carbons (Fsp3) is 0. The smallest absolute Gasteiger partial charge is 0.0780 e. The molecule has 174 valence electrons. The Morgan fingerprint density at radius 2 is 1.14 bits per heavy atom. The Balaban J connectivity index is 1.40. The van der Waals surface area contributed by atoms with Crippen LogP contribution in [0.25, 0.3) is 55.7 Å². The molecule has 0 radical (unpaired) electrons. The number of fused-ring (bicyclic) bond motifs is 3. The summed E-state index contributed by atoms with van der Waals surface area (Å²) in [6.07, 6.45) is 8.12. The molecule has 0 bridgehead atoms. The van der Waals surface area contributed by atoms with Crippen LogP contribution in [0.15, 0.2) is 122 Å². The summed E-state index contributed by atoms with van der Waals surface area (Å²) in [5.74, 6) is 0. The molecule has 4 aromatic carbocycles. The van der Waals surface area contributed by atoms with Crippen molar-refractivity contribution in [2.24, 2.45) is 0 Å². The summed E-state index contributed by atoms with van der Waals surface area (Å²) in [6.45, 7) is 0. The Morgan fingerprint density at radius 3 is 1.92 bits per heavy atom. The molecule has 0 saturated carbocycles. The van der Waals surface area contributed by atoms with Gasteiger partial charge in [-0.25, -0.2) is 0 Å². The van der Waals surface area contributed by atoms with Crippen LogP contribution in [0.2, 0.25) is 0 Å². The van der Waals surface area contributed by atoms with E-state index in [1.54, 1.807) is 0 Å². The van der Waals surface area contributed by atoms with Crippen LogP contribution < -0.4 is 10.7 Å². The Bertz CT molecular complexity index is 2040. The van der Waals surface area contributed by atoms with Crippen molar-refractivity contribution in [2.75, 3.05) is 0 Å². The standard InChI is InChI=1S/C34H23N3/c1-3-12-27-24(9-1)16-18-35-31(27)22-33-30-15-6-5-14-29(30)32(37-33)21-23-8-7-11-26(20-23)34-28-13-4-2-10-25(28)17-19-36-34/h1-22,37H/b32-21-,33-22-. The van der Waals surface area contributed by atoms with Crippen molar-refractivity contribution in [3.63, 3.8) is 0 Å². The van der Waals surface area contributed by atoms with Crippen molar-refractivity contribution >= 4 is 44.5 Å². The van der Waals surface area contributed by atoms with E-state index in [1.807, 2.05) is 12.4 Å². The number of hydrogen-bond donors (Lipinski definition) is 1. The average Bonchev–Trinajstić information content (AvgIpc) is 3.30. The zero-order valence-corrected chi connectivity index (χ0v) is 20.1. The second kappa shape index (κ2) is 8.89. The number of nitrogens with zero attached hydrogens (tertiary/aromatic N) is 2. The minimum absolute atomic E-state index is 0.959. The van der Waals surface area contributed by atoms with Crippen molar-refractivity contribution in [3.05, 3.63) is 144 Å². The number of aromatic amines is 1. The predicted molar refractivity (Wildman–Crippen MR) is 154 cm³/mol. The van der Waals surface area contributed by atoms with Gasteiger partial charge in [0.25, 0.3) is 0 Å². The highest BCUT2D eigenvalue weighted by Gasteiger charge is 2.07. The molecular weight excluding hydrogens is 450 g/mol. The number of H-pyrrole nitrogens is 1. The molecule has 0 aliphatic carbocycles. The van der Waals surface area contributed by atoms with Crippen molar-refractivity contribution < 1.29 is 0 Å². The monoisotopic (exact) mass is 473 g/mol. The Kier molecular flexibility index (Phi) is 5.11. The molecule has 3 nitrogen and oxygen atoms in total. The fourth-order valence-electron chi connectivity index (χ4n) is 5.15. The first-order valence-corrected chi connectivity index (χ1v) is 12.4. The van der Waals surface area contributed by atoms with Crippen molar-refractivity contribution in [1.82, 2.24) is 15.0 Å². The largest absolute Gasteiger partial charge is 0.354 e. The third kappa shape index (κ3) is 3.87. The number of rotatable bonds is 3. The van der Waals surface area contributed by atoms with Crippen LogP contribution in [-0.2, 0) is 0 Å². The van der Waals surface area contributed by atoms with Crippen molar-refractivity contribution in [1.29, 1.82) is 0 Å². The maximum Gasteiger partial charge on any atom is 0.0780 e. The van der Waals surface area contributed by atoms with E-state index in [4.69, 9.17) is 4.98 Å². The summed E-state index contributed by atoms with van der Waals surface area (Å²) in [5.41, 5.74) is 4.18. The highest BCUT2D eigenvalue weighted by Crippen LogP contribution is 2.27. The maximum atomic E-state index is 4.72. The molecule has 0 aliphatic heterocycles. The first-order chi connectivity index (χ1) is 18.3. The molecule has 0 fully saturated rings. The minimum Gasteiger partial charge on any atom is -0.354 e. The molecule has 0 amide bonds. The molecular formula is C34H23N3. The topological polar surface area (TPSA) is 41.6 Å². The summed E-state index contributed by atoms with van der Waals surface area (Å²) in [6, 6.07) is 38.0. The average molecular weight is 474 g/mol. The van der Waals surface area contributed by atoms with E-state index >= 15 is 0 Å². The molecule has 0 aliphatic rings. The number of aromatic nitrogens is 3. The Hall–Kier alpha value is -5.02. The van der Waals surface area contributed by atoms with E-state index in [-0.39, 0.29) is 0 Å². The zero-order valence-electron chi connectivity index (χ0n) is 20.1. The number of pyridine rings is 2. The van der Waals surface area contributed by atoms with E-state index < -0.39 is 0 Å². The van der Waals surface area contributed by atoms with Crippen LogP contribution in [-0.4, -0.2) is 15.0 Å². The zero-order chi connectivity index (χ0) is 24.6. The molecule has 3 heterocycles. The number of benzene rings is 4. The van der Waals surface area contributed by atoms with Gasteiger partial charge >= 0.3 is 0 Å². The number of hydrogen-bond acceptors (Lipinski definition) is 2. The van der Waals surface area contributed by atoms with E-state index in [9.17, 15) is 0 Å². The summed E-state index contributed by atoms with van der Waals surface area (Å²) in [7, 11) is 0. The van der Waals surface area contributed by atoms with Gasteiger partial charge in [0.05, 0.1) is 11.4 Å². The van der Waals surface area contributed by atoms with Gasteiger partial charge in [-0.05, 0) is 46.7 Å². The van der Waals surface area contributed by atoms with Gasteiger partial charge in [0.2, 0.25) is 0 Å². The highest BCUT2D eigenvalue weighted by molar-refractivity contribution is 5.95. The lowest BCUT2D eigenvalue weighted by molar-refractivity contribution is 1.26. The van der Waals surface area contributed by atoms with Gasteiger partial charge in [-0.2, -0.15) is 0 Å². The lowest BCUT2D eigenvalue weighted by Crippen LogP contribution is -2.10. The minimum atomic E-state index is 0.959. The number of nitrogens with one attached hydrogen (secondary N) is 1. The summed E-state index contributed by atoms with van der Waals surface area (Å²) >= 11 is 0. The Morgan fingerprint density at radius 1 is 0.514 bits per heavy atom. The van der Waals surface area contributed by atoms with Gasteiger partial charge in [-0.1, -0.05) is 91.0 Å². The van der Waals surface area contributed by atoms with Crippen molar-refractivity contribution in [2.45, 2.75) is 0 Å². The third-order valence-electron chi connectivity index (χ3n) is 6.91. The molecule has 3 heteroatoms. The van der Waals surface area contributed by atoms with Crippen LogP contribution in [0.5, 0.6) is 0 Å². The molecule has 37 heavy (non-hydrogen) atoms. The lowest BCUT2D eigenvalue weighted by atomic mass is 10.0. The summed E-state index contributed by atoms with van der Waals surface area (Å²) in [4.78, 5) is 13.1. The van der Waals surface area contributed by atoms with Crippen LogP contribution in [0.1, 0.15) is 11.3 Å². The predicted octanol–water partition coefficient (Wildman–Crippen LogP) is 6.59. The van der Waals surface area contributed by atoms with Gasteiger partial charge in [0, 0.05) is 50.2 Å². The van der Waals surface area contributed by atoms with Crippen molar-refractivity contribution in [3.8, 4) is 11.3 Å². The van der Waals surface area contributed by atoms with Crippen LogP contribution >= 0.6 is 0 Å². The first-order valence-electron chi connectivity index (χ1n) is 12.4. The fourth-order valence-corrected chi connectivity index (χ4v) is 5.15. The second-order valence-corrected chi connectivity index (χ2v) is 9.21. The Labute approximate surface area is 214 Å². The SMILES string of the molecule is C(/c1cccc(-c2nccc3ccccc23)c1)=c1/[nH]/c(=C\c2nccc3ccccc23)c2ccccc12. The van der Waals surface area contributed by atoms with E-state index in [2.05, 4.69) is 131 Å².